The molecule has 1 amide bonds. The van der Waals surface area contributed by atoms with Crippen LogP contribution in [-0.4, -0.2) is 30.5 Å². The van der Waals surface area contributed by atoms with Crippen LogP contribution in [0.1, 0.15) is 16.1 Å². The summed E-state index contributed by atoms with van der Waals surface area (Å²) in [6.07, 6.45) is 1.62. The van der Waals surface area contributed by atoms with Gasteiger partial charge in [-0.1, -0.05) is 12.1 Å². The van der Waals surface area contributed by atoms with Gasteiger partial charge in [0.15, 0.2) is 5.82 Å². The number of nitrogens with zero attached hydrogens (tertiary/aromatic N) is 5. The number of hydrogen-bond donors (Lipinski definition) is 1. The third kappa shape index (κ3) is 2.81. The van der Waals surface area contributed by atoms with E-state index in [2.05, 4.69) is 20.6 Å². The summed E-state index contributed by atoms with van der Waals surface area (Å²) < 4.78 is 2.93. The van der Waals surface area contributed by atoms with Crippen LogP contribution in [0.4, 0.5) is 5.69 Å². The van der Waals surface area contributed by atoms with Crippen LogP contribution in [0.5, 0.6) is 0 Å². The number of aryl methyl sites for hydroxylation is 2. The number of hydrogen-bond acceptors (Lipinski definition) is 5. The van der Waals surface area contributed by atoms with Crippen molar-refractivity contribution in [3.05, 3.63) is 58.3 Å². The second-order valence-corrected chi connectivity index (χ2v) is 5.38. The van der Waals surface area contributed by atoms with E-state index in [0.717, 1.165) is 15.8 Å². The van der Waals surface area contributed by atoms with Gasteiger partial charge in [0.2, 0.25) is 0 Å². The molecule has 0 spiro atoms. The van der Waals surface area contributed by atoms with Gasteiger partial charge in [-0.2, -0.15) is 5.10 Å². The summed E-state index contributed by atoms with van der Waals surface area (Å²) in [4.78, 5) is 23.7. The first kappa shape index (κ1) is 15.6. The summed E-state index contributed by atoms with van der Waals surface area (Å²) in [5.41, 5.74) is 2.29. The molecule has 0 radical (unpaired) electrons. The molecule has 0 saturated carbocycles. The number of carbonyl (C=O) groups is 1. The fourth-order valence-electron chi connectivity index (χ4n) is 2.35. The van der Waals surface area contributed by atoms with Crippen LogP contribution in [0.15, 0.2) is 41.5 Å². The standard InChI is InChI=1S/C16H16N6O2/c1-10-11(15-19-17-9-21(15)2)5-4-6-12(10)18-16(24)13-7-8-14(23)22(3)20-13/h4-9H,1-3H3,(H,18,24). The highest BCUT2D eigenvalue weighted by Crippen LogP contribution is 2.26. The topological polar surface area (TPSA) is 94.7 Å². The molecule has 0 atom stereocenters. The minimum atomic E-state index is -0.385. The molecule has 3 aromatic rings. The quantitative estimate of drug-likeness (QED) is 0.779. The monoisotopic (exact) mass is 324 g/mol. The van der Waals surface area contributed by atoms with Crippen LogP contribution in [-0.2, 0) is 14.1 Å². The zero-order chi connectivity index (χ0) is 17.3. The van der Waals surface area contributed by atoms with Gasteiger partial charge in [-0.05, 0) is 24.6 Å². The molecule has 8 heteroatoms. The van der Waals surface area contributed by atoms with Crippen molar-refractivity contribution in [1.29, 1.82) is 0 Å². The van der Waals surface area contributed by atoms with Crippen LogP contribution in [0.3, 0.4) is 0 Å². The normalized spacial score (nSPS) is 10.6. The van der Waals surface area contributed by atoms with E-state index in [1.54, 1.807) is 12.4 Å². The molecule has 1 N–H and O–H groups in total. The van der Waals surface area contributed by atoms with Crippen LogP contribution in [0, 0.1) is 6.92 Å². The van der Waals surface area contributed by atoms with Crippen molar-refractivity contribution < 1.29 is 4.79 Å². The summed E-state index contributed by atoms with van der Waals surface area (Å²) in [5, 5.41) is 14.7. The lowest BCUT2D eigenvalue weighted by atomic mass is 10.1. The van der Waals surface area contributed by atoms with Crippen molar-refractivity contribution in [1.82, 2.24) is 24.5 Å². The Labute approximate surface area is 137 Å². The zero-order valence-electron chi connectivity index (χ0n) is 13.5. The molecule has 0 unspecified atom stereocenters. The Kier molecular flexibility index (Phi) is 3.95. The predicted octanol–water partition coefficient (Wildman–Crippen LogP) is 1.14. The molecule has 2 heterocycles. The van der Waals surface area contributed by atoms with E-state index >= 15 is 0 Å². The van der Waals surface area contributed by atoms with Crippen molar-refractivity contribution in [2.45, 2.75) is 6.92 Å². The number of aromatic nitrogens is 5. The van der Waals surface area contributed by atoms with Gasteiger partial charge in [0.05, 0.1) is 0 Å². The van der Waals surface area contributed by atoms with Gasteiger partial charge in [-0.3, -0.25) is 9.59 Å². The summed E-state index contributed by atoms with van der Waals surface area (Å²) in [5.74, 6) is 0.327. The lowest BCUT2D eigenvalue weighted by Gasteiger charge is -2.12. The van der Waals surface area contributed by atoms with Crippen molar-refractivity contribution >= 4 is 11.6 Å². The van der Waals surface area contributed by atoms with E-state index in [9.17, 15) is 9.59 Å². The fraction of sp³-hybridized carbons (Fsp3) is 0.188. The third-order valence-electron chi connectivity index (χ3n) is 3.73. The predicted molar refractivity (Wildman–Crippen MR) is 88.6 cm³/mol. The van der Waals surface area contributed by atoms with E-state index in [-0.39, 0.29) is 17.2 Å². The van der Waals surface area contributed by atoms with Gasteiger partial charge >= 0.3 is 0 Å². The molecule has 0 fully saturated rings. The molecule has 122 valence electrons. The highest BCUT2D eigenvalue weighted by molar-refractivity contribution is 6.03. The number of carbonyl (C=O) groups excluding carboxylic acids is 1. The third-order valence-corrected chi connectivity index (χ3v) is 3.73. The van der Waals surface area contributed by atoms with Gasteiger partial charge < -0.3 is 9.88 Å². The average Bonchev–Trinajstić information content (AvgIpc) is 2.98. The molecule has 1 aromatic carbocycles. The summed E-state index contributed by atoms with van der Waals surface area (Å²) in [6, 6.07) is 8.26. The molecule has 0 bridgehead atoms. The first-order valence-corrected chi connectivity index (χ1v) is 7.27. The Morgan fingerprint density at radius 1 is 1.17 bits per heavy atom. The van der Waals surface area contributed by atoms with Gasteiger partial charge in [0.1, 0.15) is 12.0 Å². The summed E-state index contributed by atoms with van der Waals surface area (Å²) in [6.45, 7) is 1.90. The number of anilines is 1. The van der Waals surface area contributed by atoms with Crippen LogP contribution < -0.4 is 10.9 Å². The lowest BCUT2D eigenvalue weighted by molar-refractivity contribution is 0.102. The summed E-state index contributed by atoms with van der Waals surface area (Å²) >= 11 is 0. The van der Waals surface area contributed by atoms with Crippen molar-refractivity contribution in [2.75, 3.05) is 5.32 Å². The first-order chi connectivity index (χ1) is 11.5. The van der Waals surface area contributed by atoms with Crippen LogP contribution >= 0.6 is 0 Å². The number of benzene rings is 1. The number of amides is 1. The van der Waals surface area contributed by atoms with Crippen molar-refractivity contribution in [2.24, 2.45) is 14.1 Å². The van der Waals surface area contributed by atoms with E-state index < -0.39 is 0 Å². The molecular weight excluding hydrogens is 308 g/mol. The van der Waals surface area contributed by atoms with Gasteiger partial charge in [-0.25, -0.2) is 4.68 Å². The van der Waals surface area contributed by atoms with Gasteiger partial charge in [0, 0.05) is 31.4 Å². The molecule has 3 rings (SSSR count). The maximum absolute atomic E-state index is 12.4. The molecule has 0 aliphatic rings. The average molecular weight is 324 g/mol. The van der Waals surface area contributed by atoms with Crippen molar-refractivity contribution in [3.63, 3.8) is 0 Å². The van der Waals surface area contributed by atoms with E-state index in [1.165, 1.54) is 19.2 Å². The Morgan fingerprint density at radius 3 is 2.62 bits per heavy atom. The second kappa shape index (κ2) is 6.07. The Hall–Kier alpha value is -3.29. The molecule has 0 saturated heterocycles. The van der Waals surface area contributed by atoms with E-state index in [4.69, 9.17) is 0 Å². The zero-order valence-corrected chi connectivity index (χ0v) is 13.5. The number of nitrogens with one attached hydrogen (secondary N) is 1. The smallest absolute Gasteiger partial charge is 0.276 e. The number of rotatable bonds is 3. The molecule has 2 aromatic heterocycles. The first-order valence-electron chi connectivity index (χ1n) is 7.27. The molecule has 0 aliphatic carbocycles. The SMILES string of the molecule is Cc1c(NC(=O)c2ccc(=O)n(C)n2)cccc1-c1nncn1C. The molecule has 24 heavy (non-hydrogen) atoms. The lowest BCUT2D eigenvalue weighted by Crippen LogP contribution is -2.23. The highest BCUT2D eigenvalue weighted by Gasteiger charge is 2.14. The minimum absolute atomic E-state index is 0.167. The maximum atomic E-state index is 12.4. The van der Waals surface area contributed by atoms with Crippen molar-refractivity contribution in [3.8, 4) is 11.4 Å². The van der Waals surface area contributed by atoms with E-state index in [1.807, 2.05) is 30.7 Å². The second-order valence-electron chi connectivity index (χ2n) is 5.38. The van der Waals surface area contributed by atoms with E-state index in [0.29, 0.717) is 11.5 Å². The Bertz CT molecular complexity index is 973. The fourth-order valence-corrected chi connectivity index (χ4v) is 2.35. The molecule has 8 nitrogen and oxygen atoms in total. The molecule has 0 aliphatic heterocycles. The van der Waals surface area contributed by atoms with Gasteiger partial charge in [-0.15, -0.1) is 10.2 Å². The largest absolute Gasteiger partial charge is 0.320 e. The minimum Gasteiger partial charge on any atom is -0.320 e. The highest BCUT2D eigenvalue weighted by atomic mass is 16.2. The van der Waals surface area contributed by atoms with Gasteiger partial charge in [0.25, 0.3) is 11.5 Å². The Balaban J connectivity index is 1.93. The molecular formula is C16H16N6O2. The van der Waals surface area contributed by atoms with Crippen LogP contribution in [0.25, 0.3) is 11.4 Å². The maximum Gasteiger partial charge on any atom is 0.276 e. The summed E-state index contributed by atoms with van der Waals surface area (Å²) in [7, 11) is 3.35. The Morgan fingerprint density at radius 2 is 1.96 bits per heavy atom. The van der Waals surface area contributed by atoms with Crippen LogP contribution in [0.2, 0.25) is 0 Å².